The molecule has 0 heterocycles. The Labute approximate surface area is 146 Å². The lowest BCUT2D eigenvalue weighted by atomic mass is 10.1. The number of benzene rings is 2. The van der Waals surface area contributed by atoms with Gasteiger partial charge >= 0.3 is 0 Å². The summed E-state index contributed by atoms with van der Waals surface area (Å²) in [6.07, 6.45) is 2.29. The third kappa shape index (κ3) is 2.11. The molecule has 122 valence electrons. The van der Waals surface area contributed by atoms with E-state index in [1.54, 1.807) is 27.1 Å². The van der Waals surface area contributed by atoms with Gasteiger partial charge in [0, 0.05) is 0 Å². The Bertz CT molecular complexity index is 909. The second-order valence-electron chi connectivity index (χ2n) is 7.98. The third-order valence-corrected chi connectivity index (χ3v) is 10.3. The van der Waals surface area contributed by atoms with Crippen molar-refractivity contribution in [3.63, 3.8) is 0 Å². The molecule has 2 aliphatic carbocycles. The highest BCUT2D eigenvalue weighted by Crippen LogP contribution is 2.40. The first-order valence-electron chi connectivity index (χ1n) is 8.99. The largest absolute Gasteiger partial charge is 0.108 e. The molecule has 0 amide bonds. The first-order chi connectivity index (χ1) is 11.4. The molecule has 1 heteroatoms. The summed E-state index contributed by atoms with van der Waals surface area (Å²) in [6, 6.07) is 15.9. The van der Waals surface area contributed by atoms with E-state index in [4.69, 9.17) is 0 Å². The van der Waals surface area contributed by atoms with E-state index < -0.39 is 8.07 Å². The van der Waals surface area contributed by atoms with Gasteiger partial charge in [-0.25, -0.2) is 0 Å². The summed E-state index contributed by atoms with van der Waals surface area (Å²) in [7, 11) is -1.65. The molecular formula is C23H26Si. The summed E-state index contributed by atoms with van der Waals surface area (Å²) in [4.78, 5) is 0. The number of rotatable bonds is 2. The van der Waals surface area contributed by atoms with Crippen molar-refractivity contribution >= 4 is 13.3 Å². The molecule has 0 N–H and O–H groups in total. The molecule has 0 nitrogen and oxygen atoms in total. The average Bonchev–Trinajstić information content (AvgIpc) is 3.07. The summed E-state index contributed by atoms with van der Waals surface area (Å²) in [5, 5.41) is 3.38. The van der Waals surface area contributed by atoms with Gasteiger partial charge in [0.1, 0.15) is 8.07 Å². The van der Waals surface area contributed by atoms with Crippen LogP contribution in [0.25, 0.3) is 11.1 Å². The van der Waals surface area contributed by atoms with E-state index in [1.165, 1.54) is 28.7 Å². The number of fused-ring (bicyclic) bond motifs is 3. The van der Waals surface area contributed by atoms with E-state index in [9.17, 15) is 0 Å². The molecule has 0 aliphatic heterocycles. The van der Waals surface area contributed by atoms with Gasteiger partial charge in [-0.2, -0.15) is 0 Å². The van der Waals surface area contributed by atoms with Gasteiger partial charge in [0.15, 0.2) is 0 Å². The van der Waals surface area contributed by atoms with Gasteiger partial charge in [0.05, 0.1) is 0 Å². The second kappa shape index (κ2) is 5.32. The van der Waals surface area contributed by atoms with E-state index in [1.807, 2.05) is 0 Å². The molecule has 2 aliphatic rings. The zero-order valence-electron chi connectivity index (χ0n) is 15.5. The van der Waals surface area contributed by atoms with Crippen molar-refractivity contribution in [3.8, 4) is 11.1 Å². The topological polar surface area (TPSA) is 0 Å². The van der Waals surface area contributed by atoms with Gasteiger partial charge in [0.25, 0.3) is 0 Å². The lowest BCUT2D eigenvalue weighted by Crippen LogP contribution is -2.46. The highest BCUT2D eigenvalue weighted by Gasteiger charge is 2.36. The van der Waals surface area contributed by atoms with Gasteiger partial charge < -0.3 is 0 Å². The van der Waals surface area contributed by atoms with Crippen LogP contribution in [0.4, 0.5) is 0 Å². The van der Waals surface area contributed by atoms with E-state index in [2.05, 4.69) is 76.3 Å². The quantitative estimate of drug-likeness (QED) is 0.523. The SMILES string of the molecule is CC1=C(C)C(C)=C([Si](C)(C)c2cccc3c2Cc2ccccc2-3)C1. The van der Waals surface area contributed by atoms with E-state index in [-0.39, 0.29) is 0 Å². The molecule has 24 heavy (non-hydrogen) atoms. The Balaban J connectivity index is 1.85. The smallest absolute Gasteiger partial charge is 0.0690 e. The maximum absolute atomic E-state index is 2.55. The zero-order valence-corrected chi connectivity index (χ0v) is 16.5. The predicted octanol–water partition coefficient (Wildman–Crippen LogP) is 5.77. The monoisotopic (exact) mass is 330 g/mol. The summed E-state index contributed by atoms with van der Waals surface area (Å²) in [5.41, 5.74) is 10.7. The molecular weight excluding hydrogens is 304 g/mol. The van der Waals surface area contributed by atoms with Crippen LogP contribution in [0.3, 0.4) is 0 Å². The van der Waals surface area contributed by atoms with Crippen LogP contribution in [0.2, 0.25) is 13.1 Å². The standard InChI is InChI=1S/C23H26Si/c1-15-13-23(17(3)16(15)2)24(4,5)22-12-8-11-20-19-10-7-6-9-18(19)14-21(20)22/h6-12H,13-14H2,1-5H3. The van der Waals surface area contributed by atoms with E-state index in [0.29, 0.717) is 0 Å². The molecule has 0 aromatic heterocycles. The van der Waals surface area contributed by atoms with Crippen LogP contribution in [0.1, 0.15) is 38.3 Å². The van der Waals surface area contributed by atoms with Crippen molar-refractivity contribution in [2.75, 3.05) is 0 Å². The molecule has 0 spiro atoms. The fraction of sp³-hybridized carbons (Fsp3) is 0.304. The van der Waals surface area contributed by atoms with Crippen LogP contribution in [0.5, 0.6) is 0 Å². The van der Waals surface area contributed by atoms with Crippen molar-refractivity contribution in [1.82, 2.24) is 0 Å². The molecule has 0 bridgehead atoms. The first-order valence-corrected chi connectivity index (χ1v) is 12.0. The summed E-state index contributed by atoms with van der Waals surface area (Å²) in [6.45, 7) is 12.1. The van der Waals surface area contributed by atoms with Gasteiger partial charge in [0.2, 0.25) is 0 Å². The fourth-order valence-corrected chi connectivity index (χ4v) is 8.32. The minimum atomic E-state index is -1.65. The maximum atomic E-state index is 2.55. The van der Waals surface area contributed by atoms with Crippen molar-refractivity contribution in [3.05, 3.63) is 75.5 Å². The number of hydrogen-bond donors (Lipinski definition) is 0. The molecule has 0 atom stereocenters. The average molecular weight is 331 g/mol. The Hall–Kier alpha value is -1.86. The minimum absolute atomic E-state index is 1.11. The number of hydrogen-bond acceptors (Lipinski definition) is 0. The van der Waals surface area contributed by atoms with Crippen LogP contribution >= 0.6 is 0 Å². The molecule has 0 fully saturated rings. The second-order valence-corrected chi connectivity index (χ2v) is 12.4. The summed E-state index contributed by atoms with van der Waals surface area (Å²) in [5.74, 6) is 0. The summed E-state index contributed by atoms with van der Waals surface area (Å²) < 4.78 is 0. The van der Waals surface area contributed by atoms with Gasteiger partial charge in [-0.1, -0.05) is 77.1 Å². The van der Waals surface area contributed by atoms with E-state index >= 15 is 0 Å². The lowest BCUT2D eigenvalue weighted by Gasteiger charge is -2.29. The Morgan fingerprint density at radius 2 is 1.46 bits per heavy atom. The molecule has 2 aromatic carbocycles. The molecule has 0 unspecified atom stereocenters. The summed E-state index contributed by atoms with van der Waals surface area (Å²) >= 11 is 0. The highest BCUT2D eigenvalue weighted by molar-refractivity contribution is 6.96. The van der Waals surface area contributed by atoms with Crippen LogP contribution in [0, 0.1) is 0 Å². The van der Waals surface area contributed by atoms with Gasteiger partial charge in [-0.3, -0.25) is 0 Å². The van der Waals surface area contributed by atoms with E-state index in [0.717, 1.165) is 6.42 Å². The molecule has 4 rings (SSSR count). The van der Waals surface area contributed by atoms with Crippen molar-refractivity contribution in [2.45, 2.75) is 46.7 Å². The maximum Gasteiger partial charge on any atom is 0.108 e. The van der Waals surface area contributed by atoms with Crippen LogP contribution in [0.15, 0.2) is 64.4 Å². The molecule has 0 saturated carbocycles. The first kappa shape index (κ1) is 15.7. The molecule has 0 saturated heterocycles. The molecule has 2 aromatic rings. The zero-order chi connectivity index (χ0) is 17.1. The van der Waals surface area contributed by atoms with Gasteiger partial charge in [-0.05, 0) is 61.4 Å². The predicted molar refractivity (Wildman–Crippen MR) is 107 cm³/mol. The third-order valence-electron chi connectivity index (χ3n) is 6.38. The fourth-order valence-electron chi connectivity index (χ4n) is 4.67. The van der Waals surface area contributed by atoms with Crippen LogP contribution in [-0.4, -0.2) is 8.07 Å². The van der Waals surface area contributed by atoms with Crippen molar-refractivity contribution < 1.29 is 0 Å². The van der Waals surface area contributed by atoms with Crippen LogP contribution in [-0.2, 0) is 6.42 Å². The van der Waals surface area contributed by atoms with Gasteiger partial charge in [-0.15, -0.1) is 0 Å². The lowest BCUT2D eigenvalue weighted by molar-refractivity contribution is 1.19. The van der Waals surface area contributed by atoms with Crippen molar-refractivity contribution in [1.29, 1.82) is 0 Å². The Kier molecular flexibility index (Phi) is 3.47. The Morgan fingerprint density at radius 3 is 2.17 bits per heavy atom. The Morgan fingerprint density at radius 1 is 0.750 bits per heavy atom. The van der Waals surface area contributed by atoms with Crippen molar-refractivity contribution in [2.24, 2.45) is 0 Å². The van der Waals surface area contributed by atoms with Crippen LogP contribution < -0.4 is 5.19 Å². The normalized spacial score (nSPS) is 16.7. The minimum Gasteiger partial charge on any atom is -0.0690 e. The number of allylic oxidation sites excluding steroid dienone is 4. The molecule has 0 radical (unpaired) electrons. The highest BCUT2D eigenvalue weighted by atomic mass is 28.3.